The summed E-state index contributed by atoms with van der Waals surface area (Å²) < 4.78 is 28.7. The van der Waals surface area contributed by atoms with Crippen molar-refractivity contribution in [2.24, 2.45) is 0 Å². The van der Waals surface area contributed by atoms with Crippen molar-refractivity contribution in [1.82, 2.24) is 10.3 Å². The monoisotopic (exact) mass is 354 g/mol. The van der Waals surface area contributed by atoms with Gasteiger partial charge in [0.15, 0.2) is 20.6 Å². The Kier molecular flexibility index (Phi) is 4.05. The van der Waals surface area contributed by atoms with E-state index in [0.29, 0.717) is 17.9 Å². The molecule has 1 fully saturated rings. The average Bonchev–Trinajstić information content (AvgIpc) is 3.10. The number of furan rings is 1. The van der Waals surface area contributed by atoms with Crippen LogP contribution in [-0.2, 0) is 21.1 Å². The van der Waals surface area contributed by atoms with Crippen molar-refractivity contribution in [3.63, 3.8) is 0 Å². The smallest absolute Gasteiger partial charge is 0.226 e. The molecule has 1 atom stereocenters. The Hall–Kier alpha value is -1.67. The highest BCUT2D eigenvalue weighted by Crippen LogP contribution is 2.26. The van der Waals surface area contributed by atoms with Gasteiger partial charge in [0.25, 0.3) is 0 Å². The number of aryl methyl sites for hydroxylation is 1. The highest BCUT2D eigenvalue weighted by atomic mass is 32.2. The van der Waals surface area contributed by atoms with Crippen molar-refractivity contribution in [1.29, 1.82) is 0 Å². The maximum Gasteiger partial charge on any atom is 0.226 e. The van der Waals surface area contributed by atoms with E-state index in [-0.39, 0.29) is 23.8 Å². The van der Waals surface area contributed by atoms with E-state index in [9.17, 15) is 13.2 Å². The summed E-state index contributed by atoms with van der Waals surface area (Å²) >= 11 is 1.42. The fraction of sp³-hybridized carbons (Fsp3) is 0.467. The first-order valence-corrected chi connectivity index (χ1v) is 9.97. The molecule has 1 amide bonds. The highest BCUT2D eigenvalue weighted by Gasteiger charge is 2.39. The van der Waals surface area contributed by atoms with Gasteiger partial charge in [-0.1, -0.05) is 0 Å². The second kappa shape index (κ2) is 5.76. The third-order valence-electron chi connectivity index (χ3n) is 3.79. The first kappa shape index (κ1) is 16.2. The van der Waals surface area contributed by atoms with Gasteiger partial charge in [-0.25, -0.2) is 13.4 Å². The molecule has 1 saturated heterocycles. The zero-order valence-electron chi connectivity index (χ0n) is 13.0. The summed E-state index contributed by atoms with van der Waals surface area (Å²) in [5.41, 5.74) is -0.0200. The Bertz CT molecular complexity index is 837. The largest absolute Gasteiger partial charge is 0.459 e. The summed E-state index contributed by atoms with van der Waals surface area (Å²) in [5, 5.41) is 5.39. The van der Waals surface area contributed by atoms with E-state index in [0.717, 1.165) is 10.8 Å². The standard InChI is InChI=1S/C15H18N2O4S2/c1-10-3-4-12(21-10)14-16-11(8-22-14)7-13(18)17-15(2)5-6-23(19,20)9-15/h3-4,8H,5-7,9H2,1-2H3,(H,17,18). The summed E-state index contributed by atoms with van der Waals surface area (Å²) in [4.78, 5) is 16.6. The van der Waals surface area contributed by atoms with E-state index in [1.807, 2.05) is 24.4 Å². The molecular formula is C15H18N2O4S2. The fourth-order valence-corrected chi connectivity index (χ4v) is 5.58. The average molecular weight is 354 g/mol. The lowest BCUT2D eigenvalue weighted by atomic mass is 10.0. The van der Waals surface area contributed by atoms with Crippen molar-refractivity contribution in [3.05, 3.63) is 29.0 Å². The number of rotatable bonds is 4. The summed E-state index contributed by atoms with van der Waals surface area (Å²) in [6.45, 7) is 3.63. The van der Waals surface area contributed by atoms with E-state index in [4.69, 9.17) is 4.42 Å². The minimum Gasteiger partial charge on any atom is -0.459 e. The van der Waals surface area contributed by atoms with Gasteiger partial charge in [-0.3, -0.25) is 4.79 Å². The summed E-state index contributed by atoms with van der Waals surface area (Å²) in [6.07, 6.45) is 0.584. The Morgan fingerprint density at radius 2 is 2.26 bits per heavy atom. The van der Waals surface area contributed by atoms with Crippen LogP contribution < -0.4 is 5.32 Å². The first-order valence-electron chi connectivity index (χ1n) is 7.27. The van der Waals surface area contributed by atoms with Crippen LogP contribution in [0.25, 0.3) is 10.8 Å². The number of hydrogen-bond acceptors (Lipinski definition) is 6. The molecule has 0 aliphatic carbocycles. The molecule has 0 spiro atoms. The molecule has 2 aromatic heterocycles. The van der Waals surface area contributed by atoms with Crippen LogP contribution in [0.2, 0.25) is 0 Å². The van der Waals surface area contributed by atoms with Crippen molar-refractivity contribution < 1.29 is 17.6 Å². The van der Waals surface area contributed by atoms with E-state index < -0.39 is 15.4 Å². The molecule has 2 aromatic rings. The zero-order chi connectivity index (χ0) is 16.7. The van der Waals surface area contributed by atoms with Crippen molar-refractivity contribution in [3.8, 4) is 10.8 Å². The van der Waals surface area contributed by atoms with Crippen LogP contribution in [0, 0.1) is 6.92 Å². The third kappa shape index (κ3) is 3.81. The van der Waals surface area contributed by atoms with Crippen LogP contribution in [0.1, 0.15) is 24.8 Å². The number of nitrogens with zero attached hydrogens (tertiary/aromatic N) is 1. The predicted molar refractivity (Wildman–Crippen MR) is 88.1 cm³/mol. The Labute approximate surface area is 138 Å². The van der Waals surface area contributed by atoms with Gasteiger partial charge in [-0.05, 0) is 32.4 Å². The molecule has 0 bridgehead atoms. The SMILES string of the molecule is Cc1ccc(-c2nc(CC(=O)NC3(C)CCS(=O)(=O)C3)cs2)o1. The molecule has 3 heterocycles. The number of nitrogens with one attached hydrogen (secondary N) is 1. The van der Waals surface area contributed by atoms with Crippen LogP contribution in [-0.4, -0.2) is 36.4 Å². The van der Waals surface area contributed by atoms with Crippen molar-refractivity contribution >= 4 is 27.1 Å². The maximum absolute atomic E-state index is 12.2. The highest BCUT2D eigenvalue weighted by molar-refractivity contribution is 7.91. The minimum atomic E-state index is -3.04. The Balaban J connectivity index is 1.64. The number of aromatic nitrogens is 1. The molecular weight excluding hydrogens is 336 g/mol. The number of hydrogen-bond donors (Lipinski definition) is 1. The molecule has 1 aliphatic rings. The van der Waals surface area contributed by atoms with Gasteiger partial charge in [-0.15, -0.1) is 11.3 Å². The van der Waals surface area contributed by atoms with Gasteiger partial charge in [-0.2, -0.15) is 0 Å². The number of amides is 1. The second-order valence-electron chi connectivity index (χ2n) is 6.18. The summed E-state index contributed by atoms with van der Waals surface area (Å²) in [7, 11) is -3.04. The van der Waals surface area contributed by atoms with Crippen molar-refractivity contribution in [2.45, 2.75) is 32.2 Å². The normalized spacial score (nSPS) is 23.0. The lowest BCUT2D eigenvalue weighted by molar-refractivity contribution is -0.121. The fourth-order valence-electron chi connectivity index (χ4n) is 2.71. The molecule has 0 radical (unpaired) electrons. The van der Waals surface area contributed by atoms with Gasteiger partial charge in [0.1, 0.15) is 5.76 Å². The minimum absolute atomic E-state index is 0.000270. The quantitative estimate of drug-likeness (QED) is 0.906. The van der Waals surface area contributed by atoms with E-state index in [1.165, 1.54) is 11.3 Å². The third-order valence-corrected chi connectivity index (χ3v) is 6.60. The Morgan fingerprint density at radius 3 is 2.87 bits per heavy atom. The lowest BCUT2D eigenvalue weighted by Gasteiger charge is -2.23. The van der Waals surface area contributed by atoms with Gasteiger partial charge < -0.3 is 9.73 Å². The Morgan fingerprint density at radius 1 is 1.48 bits per heavy atom. The lowest BCUT2D eigenvalue weighted by Crippen LogP contribution is -2.47. The molecule has 8 heteroatoms. The number of carbonyl (C=O) groups is 1. The molecule has 1 N–H and O–H groups in total. The van der Waals surface area contributed by atoms with Crippen LogP contribution in [0.4, 0.5) is 0 Å². The van der Waals surface area contributed by atoms with Crippen LogP contribution >= 0.6 is 11.3 Å². The molecule has 124 valence electrons. The van der Waals surface area contributed by atoms with Crippen molar-refractivity contribution in [2.75, 3.05) is 11.5 Å². The van der Waals surface area contributed by atoms with E-state index in [2.05, 4.69) is 10.3 Å². The molecule has 0 saturated carbocycles. The van der Waals surface area contributed by atoms with Crippen LogP contribution in [0.5, 0.6) is 0 Å². The van der Waals surface area contributed by atoms with Gasteiger partial charge >= 0.3 is 0 Å². The topological polar surface area (TPSA) is 89.3 Å². The van der Waals surface area contributed by atoms with Crippen LogP contribution in [0.3, 0.4) is 0 Å². The van der Waals surface area contributed by atoms with Gasteiger partial charge in [0, 0.05) is 5.38 Å². The molecule has 6 nitrogen and oxygen atoms in total. The molecule has 1 aliphatic heterocycles. The number of sulfone groups is 1. The van der Waals surface area contributed by atoms with E-state index >= 15 is 0 Å². The van der Waals surface area contributed by atoms with Gasteiger partial charge in [0.05, 0.1) is 29.2 Å². The second-order valence-corrected chi connectivity index (χ2v) is 9.22. The molecule has 0 aromatic carbocycles. The van der Waals surface area contributed by atoms with E-state index in [1.54, 1.807) is 6.92 Å². The maximum atomic E-state index is 12.2. The molecule has 1 unspecified atom stereocenters. The van der Waals surface area contributed by atoms with Gasteiger partial charge in [0.2, 0.25) is 5.91 Å². The molecule has 3 rings (SSSR count). The first-order chi connectivity index (χ1) is 10.7. The number of carbonyl (C=O) groups excluding carboxylic acids is 1. The number of thiazole rings is 1. The van der Waals surface area contributed by atoms with Crippen LogP contribution in [0.15, 0.2) is 21.9 Å². The summed E-state index contributed by atoms with van der Waals surface area (Å²) in [6, 6.07) is 3.72. The summed E-state index contributed by atoms with van der Waals surface area (Å²) in [5.74, 6) is 1.41. The predicted octanol–water partition coefficient (Wildman–Crippen LogP) is 1.95. The zero-order valence-corrected chi connectivity index (χ0v) is 14.6. The molecule has 23 heavy (non-hydrogen) atoms.